The Bertz CT molecular complexity index is 862. The number of nitrogens with two attached hydrogens (primary N) is 2. The van der Waals surface area contributed by atoms with Crippen molar-refractivity contribution in [3.8, 4) is 11.5 Å². The maximum Gasteiger partial charge on any atom is 0.150 e. The van der Waals surface area contributed by atoms with Gasteiger partial charge in [-0.05, 0) is 98.1 Å². The van der Waals surface area contributed by atoms with Crippen LogP contribution in [0.4, 0.5) is 11.4 Å². The third-order valence-electron chi connectivity index (χ3n) is 8.69. The Hall–Kier alpha value is -2.16. The van der Waals surface area contributed by atoms with Gasteiger partial charge in [-0.25, -0.2) is 0 Å². The largest absolute Gasteiger partial charge is 0.455 e. The zero-order chi connectivity index (χ0) is 23.8. The van der Waals surface area contributed by atoms with Gasteiger partial charge in [-0.15, -0.1) is 0 Å². The van der Waals surface area contributed by atoms with Crippen molar-refractivity contribution in [2.75, 3.05) is 11.5 Å². The summed E-state index contributed by atoms with van der Waals surface area (Å²) in [5, 5.41) is 0. The van der Waals surface area contributed by atoms with Crippen molar-refractivity contribution < 1.29 is 4.74 Å². The molecule has 0 radical (unpaired) electrons. The molecule has 2 aliphatic rings. The number of anilines is 2. The Labute approximate surface area is 207 Å². The highest BCUT2D eigenvalue weighted by Gasteiger charge is 2.30. The summed E-state index contributed by atoms with van der Waals surface area (Å²) in [5.41, 5.74) is 14.4. The van der Waals surface area contributed by atoms with E-state index in [9.17, 15) is 0 Å². The fourth-order valence-electron chi connectivity index (χ4n) is 6.46. The standard InChI is InChI=1S/C31H46N2O/c1-2-3-4-5-23-8-14-26(15-9-23)27-16-10-24(11-17-27)6-7-25-12-19-29(20-13-25)34-31-21-18-28(32)22-30(31)33/h12-13,18-24,26-27H,2-11,14-17,32-33H2,1H3. The molecule has 0 unspecified atom stereocenters. The van der Waals surface area contributed by atoms with Crippen LogP contribution < -0.4 is 16.2 Å². The molecule has 4 rings (SSSR count). The fourth-order valence-corrected chi connectivity index (χ4v) is 6.46. The molecule has 4 N–H and O–H groups in total. The zero-order valence-corrected chi connectivity index (χ0v) is 21.3. The van der Waals surface area contributed by atoms with Crippen LogP contribution in [-0.2, 0) is 6.42 Å². The second kappa shape index (κ2) is 12.5. The van der Waals surface area contributed by atoms with Crippen molar-refractivity contribution in [3.63, 3.8) is 0 Å². The van der Waals surface area contributed by atoms with E-state index in [0.717, 1.165) is 29.4 Å². The van der Waals surface area contributed by atoms with Gasteiger partial charge in [0.15, 0.2) is 0 Å². The molecule has 0 atom stereocenters. The number of aryl methyl sites for hydroxylation is 1. The number of rotatable bonds is 10. The highest BCUT2D eigenvalue weighted by molar-refractivity contribution is 5.61. The first kappa shape index (κ1) is 24.9. The highest BCUT2D eigenvalue weighted by Crippen LogP contribution is 2.43. The predicted molar refractivity (Wildman–Crippen MR) is 145 cm³/mol. The van der Waals surface area contributed by atoms with Crippen molar-refractivity contribution in [1.29, 1.82) is 0 Å². The van der Waals surface area contributed by atoms with Crippen LogP contribution in [0.25, 0.3) is 0 Å². The Morgan fingerprint density at radius 3 is 1.94 bits per heavy atom. The molecule has 0 aromatic heterocycles. The van der Waals surface area contributed by atoms with Gasteiger partial charge in [-0.1, -0.05) is 70.4 Å². The van der Waals surface area contributed by atoms with Gasteiger partial charge < -0.3 is 16.2 Å². The molecule has 0 amide bonds. The van der Waals surface area contributed by atoms with Crippen molar-refractivity contribution in [3.05, 3.63) is 48.0 Å². The summed E-state index contributed by atoms with van der Waals surface area (Å²) >= 11 is 0. The van der Waals surface area contributed by atoms with Gasteiger partial charge in [0.1, 0.15) is 11.5 Å². The lowest BCUT2D eigenvalue weighted by molar-refractivity contribution is 0.140. The molecule has 0 spiro atoms. The van der Waals surface area contributed by atoms with E-state index in [0.29, 0.717) is 17.1 Å². The topological polar surface area (TPSA) is 61.3 Å². The van der Waals surface area contributed by atoms with Crippen molar-refractivity contribution >= 4 is 11.4 Å². The third kappa shape index (κ3) is 7.17. The Morgan fingerprint density at radius 1 is 0.735 bits per heavy atom. The number of hydrogen-bond acceptors (Lipinski definition) is 3. The van der Waals surface area contributed by atoms with Crippen molar-refractivity contribution in [1.82, 2.24) is 0 Å². The Balaban J connectivity index is 1.15. The molecular weight excluding hydrogens is 416 g/mol. The molecule has 2 aromatic rings. The van der Waals surface area contributed by atoms with E-state index in [-0.39, 0.29) is 0 Å². The molecular formula is C31H46N2O. The van der Waals surface area contributed by atoms with E-state index in [4.69, 9.17) is 16.2 Å². The van der Waals surface area contributed by atoms with Gasteiger partial charge in [0.05, 0.1) is 5.69 Å². The molecule has 2 aliphatic carbocycles. The average Bonchev–Trinajstić information content (AvgIpc) is 2.86. The number of unbranched alkanes of at least 4 members (excludes halogenated alkanes) is 2. The SMILES string of the molecule is CCCCCC1CCC(C2CCC(CCc3ccc(Oc4ccc(N)cc4N)cc3)CC2)CC1. The molecule has 3 heteroatoms. The van der Waals surface area contributed by atoms with Crippen molar-refractivity contribution in [2.24, 2.45) is 23.7 Å². The van der Waals surface area contributed by atoms with E-state index in [1.807, 2.05) is 12.1 Å². The van der Waals surface area contributed by atoms with Crippen LogP contribution in [0.2, 0.25) is 0 Å². The van der Waals surface area contributed by atoms with E-state index in [2.05, 4.69) is 31.2 Å². The first-order valence-corrected chi connectivity index (χ1v) is 14.0. The lowest BCUT2D eigenvalue weighted by Gasteiger charge is -2.38. The van der Waals surface area contributed by atoms with Crippen molar-refractivity contribution in [2.45, 2.75) is 96.8 Å². The average molecular weight is 463 g/mol. The van der Waals surface area contributed by atoms with Crippen LogP contribution in [0.1, 0.15) is 96.0 Å². The lowest BCUT2D eigenvalue weighted by atomic mass is 9.68. The Kier molecular flexibility index (Phi) is 9.18. The monoisotopic (exact) mass is 462 g/mol. The van der Waals surface area contributed by atoms with Gasteiger partial charge in [0.2, 0.25) is 0 Å². The second-order valence-electron chi connectivity index (χ2n) is 11.1. The molecule has 0 heterocycles. The summed E-state index contributed by atoms with van der Waals surface area (Å²) in [6.45, 7) is 2.32. The summed E-state index contributed by atoms with van der Waals surface area (Å²) < 4.78 is 5.93. The predicted octanol–water partition coefficient (Wildman–Crippen LogP) is 8.77. The summed E-state index contributed by atoms with van der Waals surface area (Å²) in [6, 6.07) is 13.9. The number of hydrogen-bond donors (Lipinski definition) is 2. The molecule has 0 bridgehead atoms. The smallest absolute Gasteiger partial charge is 0.150 e. The molecule has 186 valence electrons. The van der Waals surface area contributed by atoms with Gasteiger partial charge >= 0.3 is 0 Å². The Morgan fingerprint density at radius 2 is 1.35 bits per heavy atom. The van der Waals surface area contributed by atoms with E-state index in [1.165, 1.54) is 95.5 Å². The van der Waals surface area contributed by atoms with Crippen LogP contribution >= 0.6 is 0 Å². The first-order chi connectivity index (χ1) is 16.6. The maximum atomic E-state index is 6.01. The van der Waals surface area contributed by atoms with Crippen LogP contribution in [0.5, 0.6) is 11.5 Å². The van der Waals surface area contributed by atoms with Gasteiger partial charge in [0, 0.05) is 5.69 Å². The molecule has 3 nitrogen and oxygen atoms in total. The molecule has 0 aliphatic heterocycles. The summed E-state index contributed by atoms with van der Waals surface area (Å²) in [6.07, 6.45) is 20.1. The second-order valence-corrected chi connectivity index (χ2v) is 11.1. The van der Waals surface area contributed by atoms with E-state index in [1.54, 1.807) is 6.07 Å². The van der Waals surface area contributed by atoms with Gasteiger partial charge in [-0.2, -0.15) is 0 Å². The zero-order valence-electron chi connectivity index (χ0n) is 21.3. The normalized spacial score (nSPS) is 25.2. The number of benzene rings is 2. The van der Waals surface area contributed by atoms with Crippen LogP contribution in [-0.4, -0.2) is 0 Å². The molecule has 2 fully saturated rings. The summed E-state index contributed by atoms with van der Waals surface area (Å²) in [5.74, 6) is 5.48. The minimum atomic E-state index is 0.569. The minimum absolute atomic E-state index is 0.569. The molecule has 2 aromatic carbocycles. The first-order valence-electron chi connectivity index (χ1n) is 14.0. The van der Waals surface area contributed by atoms with E-state index < -0.39 is 0 Å². The highest BCUT2D eigenvalue weighted by atomic mass is 16.5. The van der Waals surface area contributed by atoms with Crippen LogP contribution in [0.15, 0.2) is 42.5 Å². The fraction of sp³-hybridized carbons (Fsp3) is 0.613. The minimum Gasteiger partial charge on any atom is -0.455 e. The van der Waals surface area contributed by atoms with Gasteiger partial charge in [-0.3, -0.25) is 0 Å². The van der Waals surface area contributed by atoms with Crippen LogP contribution in [0.3, 0.4) is 0 Å². The van der Waals surface area contributed by atoms with Crippen LogP contribution in [0, 0.1) is 23.7 Å². The molecule has 34 heavy (non-hydrogen) atoms. The maximum absolute atomic E-state index is 6.01. The lowest BCUT2D eigenvalue weighted by Crippen LogP contribution is -2.26. The van der Waals surface area contributed by atoms with E-state index >= 15 is 0 Å². The summed E-state index contributed by atoms with van der Waals surface area (Å²) in [7, 11) is 0. The molecule has 0 saturated heterocycles. The quantitative estimate of drug-likeness (QED) is 0.274. The number of nitrogen functional groups attached to an aromatic ring is 2. The van der Waals surface area contributed by atoms with Gasteiger partial charge in [0.25, 0.3) is 0 Å². The third-order valence-corrected chi connectivity index (χ3v) is 8.69. The number of ether oxygens (including phenoxy) is 1. The summed E-state index contributed by atoms with van der Waals surface area (Å²) in [4.78, 5) is 0. The molecule has 2 saturated carbocycles.